The number of nitrogens with one attached hydrogen (secondary N) is 1. The molecule has 1 N–H and O–H groups in total. The molecule has 296 valence electrons. The summed E-state index contributed by atoms with van der Waals surface area (Å²) in [6.45, 7) is -0.747. The molecule has 0 radical (unpaired) electrons. The number of benzene rings is 6. The SMILES string of the molecule is O=N/N=C(\c1ccc2c(c1)c1cc(-c3nc(-c4ccccc4)c(-c4ccccc4)[nH]3)c3ccccc3c1n2CC1CCCCC1)c1ccccc1OCC(F)(F)C(F)F. The van der Waals surface area contributed by atoms with Crippen molar-refractivity contribution in [3.05, 3.63) is 149 Å². The van der Waals surface area contributed by atoms with Gasteiger partial charge in [0.2, 0.25) is 0 Å². The fourth-order valence-corrected chi connectivity index (χ4v) is 8.58. The summed E-state index contributed by atoms with van der Waals surface area (Å²) in [5.41, 5.74) is 7.32. The van der Waals surface area contributed by atoms with Crippen molar-refractivity contribution in [1.82, 2.24) is 14.5 Å². The molecule has 0 saturated heterocycles. The van der Waals surface area contributed by atoms with E-state index < -0.39 is 19.0 Å². The maximum absolute atomic E-state index is 14.0. The number of aromatic nitrogens is 3. The van der Waals surface area contributed by atoms with Crippen molar-refractivity contribution in [1.29, 1.82) is 0 Å². The Morgan fingerprint density at radius 3 is 2.19 bits per heavy atom. The fraction of sp³-hybridized carbons (Fsp3) is 0.208. The molecule has 6 aromatic carbocycles. The third kappa shape index (κ3) is 7.26. The van der Waals surface area contributed by atoms with E-state index in [4.69, 9.17) is 9.72 Å². The van der Waals surface area contributed by atoms with E-state index in [1.807, 2.05) is 66.7 Å². The molecule has 0 bridgehead atoms. The maximum atomic E-state index is 14.0. The van der Waals surface area contributed by atoms with E-state index in [1.165, 1.54) is 37.5 Å². The molecule has 1 aliphatic carbocycles. The average molecular weight is 794 g/mol. The first-order valence-electron chi connectivity index (χ1n) is 19.8. The molecule has 0 spiro atoms. The quantitative estimate of drug-likeness (QED) is 0.0578. The minimum absolute atomic E-state index is 0.0538. The van der Waals surface area contributed by atoms with Crippen LogP contribution in [0, 0.1) is 10.8 Å². The first kappa shape index (κ1) is 37.9. The highest BCUT2D eigenvalue weighted by Gasteiger charge is 2.42. The van der Waals surface area contributed by atoms with E-state index in [-0.39, 0.29) is 17.0 Å². The van der Waals surface area contributed by atoms with Crippen LogP contribution in [0.25, 0.3) is 66.5 Å². The van der Waals surface area contributed by atoms with Crippen LogP contribution in [0.15, 0.2) is 144 Å². The highest BCUT2D eigenvalue weighted by atomic mass is 19.3. The van der Waals surface area contributed by atoms with Crippen LogP contribution in [-0.4, -0.2) is 39.2 Å². The van der Waals surface area contributed by atoms with E-state index in [9.17, 15) is 22.5 Å². The van der Waals surface area contributed by atoms with Gasteiger partial charge in [0.25, 0.3) is 0 Å². The van der Waals surface area contributed by atoms with Gasteiger partial charge in [-0.15, -0.1) is 10.0 Å². The van der Waals surface area contributed by atoms with Gasteiger partial charge in [0.05, 0.1) is 22.2 Å². The zero-order valence-electron chi connectivity index (χ0n) is 31.9. The minimum Gasteiger partial charge on any atom is -0.486 e. The second-order valence-corrected chi connectivity index (χ2v) is 15.1. The number of rotatable bonds is 12. The Balaban J connectivity index is 1.27. The average Bonchev–Trinajstić information content (AvgIpc) is 3.85. The number of halogens is 4. The van der Waals surface area contributed by atoms with Crippen molar-refractivity contribution < 1.29 is 22.3 Å². The number of fused-ring (bicyclic) bond motifs is 5. The zero-order chi connectivity index (χ0) is 40.5. The van der Waals surface area contributed by atoms with Crippen molar-refractivity contribution in [3.63, 3.8) is 0 Å². The first-order valence-corrected chi connectivity index (χ1v) is 19.8. The molecule has 0 amide bonds. The van der Waals surface area contributed by atoms with Crippen molar-refractivity contribution >= 4 is 38.3 Å². The van der Waals surface area contributed by atoms with E-state index in [2.05, 4.69) is 62.4 Å². The number of imidazole rings is 1. The van der Waals surface area contributed by atoms with Gasteiger partial charge in [0.15, 0.2) is 6.61 Å². The standard InChI is InChI=1S/C48H39F4N5O2/c49-47(50)48(51,52)29-59-41-23-13-12-22-36(41)42(55-56-58)33-24-25-40-37(26-33)38-27-39(34-20-10-11-21-35(34)45(38)57(40)28-30-14-4-1-5-15-30)46-53-43(31-16-6-2-7-17-31)44(54-46)32-18-8-3-9-19-32/h2-3,6-13,16-27,30,47H,1,4-5,14-15,28-29H2,(H,53,54)/b55-42+. The second-order valence-electron chi connectivity index (χ2n) is 15.1. The lowest BCUT2D eigenvalue weighted by Gasteiger charge is -2.23. The number of hydrogen-bond donors (Lipinski definition) is 1. The molecule has 11 heteroatoms. The summed E-state index contributed by atoms with van der Waals surface area (Å²) in [6, 6.07) is 42.5. The van der Waals surface area contributed by atoms with Crippen LogP contribution in [0.2, 0.25) is 0 Å². The highest BCUT2D eigenvalue weighted by Crippen LogP contribution is 2.43. The van der Waals surface area contributed by atoms with Crippen LogP contribution in [-0.2, 0) is 6.54 Å². The second kappa shape index (κ2) is 16.0. The lowest BCUT2D eigenvalue weighted by molar-refractivity contribution is -0.148. The topological polar surface area (TPSA) is 84.6 Å². The van der Waals surface area contributed by atoms with E-state index in [0.717, 1.165) is 80.0 Å². The number of nitrogens with zero attached hydrogens (tertiary/aromatic N) is 4. The molecule has 1 saturated carbocycles. The molecule has 0 atom stereocenters. The van der Waals surface area contributed by atoms with Gasteiger partial charge < -0.3 is 14.3 Å². The Morgan fingerprint density at radius 1 is 0.780 bits per heavy atom. The molecule has 7 nitrogen and oxygen atoms in total. The highest BCUT2D eigenvalue weighted by molar-refractivity contribution is 6.23. The van der Waals surface area contributed by atoms with Gasteiger partial charge in [0, 0.05) is 56.0 Å². The van der Waals surface area contributed by atoms with Gasteiger partial charge >= 0.3 is 12.3 Å². The zero-order valence-corrected chi connectivity index (χ0v) is 31.9. The number of ether oxygens (including phenoxy) is 1. The molecule has 0 unspecified atom stereocenters. The summed E-state index contributed by atoms with van der Waals surface area (Å²) in [6.07, 6.45) is 1.96. The molecule has 8 aromatic rings. The number of H-pyrrole nitrogens is 1. The summed E-state index contributed by atoms with van der Waals surface area (Å²) in [5, 5.41) is 10.7. The molecule has 0 aliphatic heterocycles. The monoisotopic (exact) mass is 793 g/mol. The largest absolute Gasteiger partial charge is 0.486 e. The number of nitroso groups, excluding NO2 is 1. The van der Waals surface area contributed by atoms with Gasteiger partial charge in [-0.2, -0.15) is 8.78 Å². The van der Waals surface area contributed by atoms with E-state index >= 15 is 0 Å². The van der Waals surface area contributed by atoms with Crippen LogP contribution < -0.4 is 4.74 Å². The van der Waals surface area contributed by atoms with E-state index in [0.29, 0.717) is 17.3 Å². The molecule has 2 heterocycles. The van der Waals surface area contributed by atoms with Crippen LogP contribution in [0.1, 0.15) is 43.2 Å². The molecular formula is C48H39F4N5O2. The van der Waals surface area contributed by atoms with Crippen molar-refractivity contribution in [2.75, 3.05) is 6.61 Å². The third-order valence-electron chi connectivity index (χ3n) is 11.4. The van der Waals surface area contributed by atoms with Gasteiger partial charge in [-0.1, -0.05) is 122 Å². The fourth-order valence-electron chi connectivity index (χ4n) is 8.58. The number of aromatic amines is 1. The first-order chi connectivity index (χ1) is 28.8. The summed E-state index contributed by atoms with van der Waals surface area (Å²) in [7, 11) is 0. The van der Waals surface area contributed by atoms with E-state index in [1.54, 1.807) is 6.07 Å². The summed E-state index contributed by atoms with van der Waals surface area (Å²) in [5.74, 6) is -3.34. The normalized spacial score (nSPS) is 14.2. The summed E-state index contributed by atoms with van der Waals surface area (Å²) < 4.78 is 61.9. The molecule has 1 fully saturated rings. The summed E-state index contributed by atoms with van der Waals surface area (Å²) in [4.78, 5) is 20.8. The predicted octanol–water partition coefficient (Wildman–Crippen LogP) is 13.1. The molecule has 1 aliphatic rings. The van der Waals surface area contributed by atoms with Crippen LogP contribution in [0.5, 0.6) is 5.75 Å². The third-order valence-corrected chi connectivity index (χ3v) is 11.4. The van der Waals surface area contributed by atoms with Crippen LogP contribution in [0.4, 0.5) is 17.6 Å². The molecule has 2 aromatic heterocycles. The van der Waals surface area contributed by atoms with Gasteiger partial charge in [0.1, 0.15) is 17.3 Å². The lowest BCUT2D eigenvalue weighted by Crippen LogP contribution is -2.34. The van der Waals surface area contributed by atoms with Gasteiger partial charge in [-0.3, -0.25) is 0 Å². The molecule has 59 heavy (non-hydrogen) atoms. The summed E-state index contributed by atoms with van der Waals surface area (Å²) >= 11 is 0. The number of alkyl halides is 4. The van der Waals surface area contributed by atoms with Crippen molar-refractivity contribution in [2.24, 2.45) is 16.3 Å². The minimum atomic E-state index is -4.38. The molecular weight excluding hydrogens is 755 g/mol. The van der Waals surface area contributed by atoms with Crippen LogP contribution in [0.3, 0.4) is 0 Å². The van der Waals surface area contributed by atoms with Crippen molar-refractivity contribution in [2.45, 2.75) is 51.0 Å². The number of para-hydroxylation sites is 1. The predicted molar refractivity (Wildman–Crippen MR) is 226 cm³/mol. The Morgan fingerprint density at radius 2 is 1.46 bits per heavy atom. The lowest BCUT2D eigenvalue weighted by atomic mass is 9.89. The maximum Gasteiger partial charge on any atom is 0.340 e. The Labute approximate surface area is 337 Å². The number of hydrogen-bond acceptors (Lipinski definition) is 4. The van der Waals surface area contributed by atoms with Crippen molar-refractivity contribution in [3.8, 4) is 39.7 Å². The van der Waals surface area contributed by atoms with Crippen LogP contribution >= 0.6 is 0 Å². The smallest absolute Gasteiger partial charge is 0.340 e. The Kier molecular flexibility index (Phi) is 10.3. The van der Waals surface area contributed by atoms with Gasteiger partial charge in [-0.25, -0.2) is 13.8 Å². The van der Waals surface area contributed by atoms with Gasteiger partial charge in [-0.05, 0) is 54.5 Å². The Hall–Kier alpha value is -6.62. The molecule has 9 rings (SSSR count). The Bertz CT molecular complexity index is 2770.